The van der Waals surface area contributed by atoms with E-state index < -0.39 is 6.10 Å². The summed E-state index contributed by atoms with van der Waals surface area (Å²) in [5.74, 6) is -0.0243. The maximum absolute atomic E-state index is 13.0. The summed E-state index contributed by atoms with van der Waals surface area (Å²) in [6.45, 7) is 2.08. The predicted molar refractivity (Wildman–Crippen MR) is 113 cm³/mol. The van der Waals surface area contributed by atoms with Gasteiger partial charge in [-0.3, -0.25) is 9.59 Å². The van der Waals surface area contributed by atoms with Crippen LogP contribution in [-0.4, -0.2) is 41.3 Å². The summed E-state index contributed by atoms with van der Waals surface area (Å²) in [5, 5.41) is 13.6. The molecule has 2 heterocycles. The number of rotatable bonds is 6. The number of halogens is 1. The van der Waals surface area contributed by atoms with Crippen LogP contribution in [0.15, 0.2) is 42.5 Å². The molecule has 158 valence electrons. The monoisotopic (exact) mass is 410 g/mol. The molecule has 4 rings (SSSR count). The van der Waals surface area contributed by atoms with Gasteiger partial charge < -0.3 is 15.3 Å². The van der Waals surface area contributed by atoms with Crippen LogP contribution in [0.4, 0.5) is 10.1 Å². The molecule has 2 aliphatic rings. The predicted octanol–water partition coefficient (Wildman–Crippen LogP) is 3.27. The number of ketones is 1. The fourth-order valence-electron chi connectivity index (χ4n) is 4.35. The summed E-state index contributed by atoms with van der Waals surface area (Å²) in [6, 6.07) is 11.8. The molecular weight excluding hydrogens is 383 g/mol. The summed E-state index contributed by atoms with van der Waals surface area (Å²) in [7, 11) is 0. The number of aliphatic hydroxyl groups is 1. The summed E-state index contributed by atoms with van der Waals surface area (Å²) in [4.78, 5) is 26.3. The third kappa shape index (κ3) is 4.94. The van der Waals surface area contributed by atoms with Crippen molar-refractivity contribution < 1.29 is 19.1 Å². The van der Waals surface area contributed by atoms with Crippen molar-refractivity contribution in [1.82, 2.24) is 4.90 Å². The van der Waals surface area contributed by atoms with E-state index in [4.69, 9.17) is 0 Å². The first-order valence-electron chi connectivity index (χ1n) is 10.6. The molecule has 30 heavy (non-hydrogen) atoms. The molecule has 1 atom stereocenters. The highest BCUT2D eigenvalue weighted by Crippen LogP contribution is 2.28. The van der Waals surface area contributed by atoms with Crippen LogP contribution in [0.3, 0.4) is 0 Å². The third-order valence-electron chi connectivity index (χ3n) is 6.18. The van der Waals surface area contributed by atoms with Gasteiger partial charge in [0.05, 0.1) is 6.10 Å². The maximum Gasteiger partial charge on any atom is 0.224 e. The average Bonchev–Trinajstić information content (AvgIpc) is 2.75. The van der Waals surface area contributed by atoms with Gasteiger partial charge >= 0.3 is 0 Å². The fraction of sp³-hybridized carbons (Fsp3) is 0.417. The number of carbonyl (C=O) groups is 2. The Hall–Kier alpha value is -2.57. The zero-order valence-corrected chi connectivity index (χ0v) is 16.9. The molecule has 6 heteroatoms. The van der Waals surface area contributed by atoms with Crippen LogP contribution in [-0.2, 0) is 22.4 Å². The largest absolute Gasteiger partial charge is 0.387 e. The van der Waals surface area contributed by atoms with Crippen LogP contribution in [0.2, 0.25) is 0 Å². The molecule has 0 radical (unpaired) electrons. The van der Waals surface area contributed by atoms with E-state index in [-0.39, 0.29) is 23.4 Å². The molecule has 2 aromatic rings. The van der Waals surface area contributed by atoms with E-state index in [0.717, 1.165) is 48.3 Å². The average molecular weight is 410 g/mol. The Balaban J connectivity index is 1.27. The maximum atomic E-state index is 13.0. The van der Waals surface area contributed by atoms with Crippen LogP contribution in [0.5, 0.6) is 0 Å². The molecule has 0 aromatic heterocycles. The van der Waals surface area contributed by atoms with Crippen LogP contribution in [0.25, 0.3) is 0 Å². The normalized spacial score (nSPS) is 18.5. The van der Waals surface area contributed by atoms with E-state index in [1.807, 2.05) is 18.2 Å². The summed E-state index contributed by atoms with van der Waals surface area (Å²) in [5.41, 5.74) is 3.61. The first-order valence-corrected chi connectivity index (χ1v) is 10.6. The van der Waals surface area contributed by atoms with Gasteiger partial charge in [-0.05, 0) is 67.2 Å². The van der Waals surface area contributed by atoms with Gasteiger partial charge in [0.25, 0.3) is 0 Å². The molecule has 1 saturated heterocycles. The van der Waals surface area contributed by atoms with Gasteiger partial charge in [-0.25, -0.2) is 4.39 Å². The molecule has 0 spiro atoms. The van der Waals surface area contributed by atoms with E-state index >= 15 is 0 Å². The molecule has 1 unspecified atom stereocenters. The number of likely N-dealkylation sites (tertiary alicyclic amines) is 1. The van der Waals surface area contributed by atoms with Gasteiger partial charge in [-0.15, -0.1) is 0 Å². The van der Waals surface area contributed by atoms with E-state index in [2.05, 4.69) is 10.2 Å². The highest BCUT2D eigenvalue weighted by atomic mass is 19.1. The Morgan fingerprint density at radius 1 is 1.13 bits per heavy atom. The van der Waals surface area contributed by atoms with Crippen molar-refractivity contribution in [2.75, 3.05) is 25.0 Å². The molecule has 2 aliphatic heterocycles. The first kappa shape index (κ1) is 20.7. The van der Waals surface area contributed by atoms with Gasteiger partial charge in [-0.1, -0.05) is 24.3 Å². The lowest BCUT2D eigenvalue weighted by molar-refractivity contribution is -0.123. The molecule has 5 nitrogen and oxygen atoms in total. The van der Waals surface area contributed by atoms with Crippen LogP contribution in [0.1, 0.15) is 42.1 Å². The van der Waals surface area contributed by atoms with Crippen molar-refractivity contribution >= 4 is 17.4 Å². The van der Waals surface area contributed by atoms with Crippen molar-refractivity contribution in [2.24, 2.45) is 5.92 Å². The molecule has 0 bridgehead atoms. The Labute approximate surface area is 175 Å². The second-order valence-electron chi connectivity index (χ2n) is 8.32. The van der Waals surface area contributed by atoms with Crippen molar-refractivity contribution in [3.63, 3.8) is 0 Å². The zero-order chi connectivity index (χ0) is 21.1. The van der Waals surface area contributed by atoms with Crippen molar-refractivity contribution in [3.05, 3.63) is 65.0 Å². The number of amides is 1. The second kappa shape index (κ2) is 9.06. The Bertz CT molecular complexity index is 921. The van der Waals surface area contributed by atoms with Crippen LogP contribution < -0.4 is 5.32 Å². The number of fused-ring (bicyclic) bond motifs is 1. The van der Waals surface area contributed by atoms with Crippen molar-refractivity contribution in [3.8, 4) is 0 Å². The summed E-state index contributed by atoms with van der Waals surface area (Å²) < 4.78 is 13.0. The van der Waals surface area contributed by atoms with Crippen LogP contribution in [0, 0.1) is 11.7 Å². The lowest BCUT2D eigenvalue weighted by Gasteiger charge is -2.32. The lowest BCUT2D eigenvalue weighted by Crippen LogP contribution is -2.39. The van der Waals surface area contributed by atoms with E-state index in [9.17, 15) is 19.1 Å². The topological polar surface area (TPSA) is 69.6 Å². The SMILES string of the molecule is O=C1CCc2cc(C(O)CN3CCC(C(=O)Cc4ccc(F)cc4)CC3)ccc2N1. The van der Waals surface area contributed by atoms with Crippen LogP contribution >= 0.6 is 0 Å². The van der Waals surface area contributed by atoms with E-state index in [1.165, 1.54) is 12.1 Å². The van der Waals surface area contributed by atoms with Gasteiger partial charge in [0.2, 0.25) is 5.91 Å². The van der Waals surface area contributed by atoms with E-state index in [0.29, 0.717) is 25.8 Å². The van der Waals surface area contributed by atoms with Gasteiger partial charge in [0.15, 0.2) is 0 Å². The third-order valence-corrected chi connectivity index (χ3v) is 6.18. The number of nitrogens with zero attached hydrogens (tertiary/aromatic N) is 1. The molecular formula is C24H27FN2O3. The number of nitrogens with one attached hydrogen (secondary N) is 1. The number of β-amino-alcohol motifs (C(OH)–C–C–N with tert-alkyl or cyclic N) is 1. The quantitative estimate of drug-likeness (QED) is 0.767. The van der Waals surface area contributed by atoms with E-state index in [1.54, 1.807) is 12.1 Å². The molecule has 0 aliphatic carbocycles. The van der Waals surface area contributed by atoms with Gasteiger partial charge in [-0.2, -0.15) is 0 Å². The smallest absolute Gasteiger partial charge is 0.224 e. The number of benzene rings is 2. The van der Waals surface area contributed by atoms with Crippen molar-refractivity contribution in [1.29, 1.82) is 0 Å². The van der Waals surface area contributed by atoms with Gasteiger partial charge in [0.1, 0.15) is 11.6 Å². The number of hydrogen-bond donors (Lipinski definition) is 2. The minimum absolute atomic E-state index is 0.0239. The number of aryl methyl sites for hydroxylation is 1. The zero-order valence-electron chi connectivity index (χ0n) is 16.9. The van der Waals surface area contributed by atoms with Crippen molar-refractivity contribution in [2.45, 2.75) is 38.2 Å². The highest BCUT2D eigenvalue weighted by molar-refractivity contribution is 5.93. The lowest BCUT2D eigenvalue weighted by atomic mass is 9.89. The Kier molecular flexibility index (Phi) is 6.25. The molecule has 1 amide bonds. The molecule has 1 fully saturated rings. The molecule has 2 N–H and O–H groups in total. The number of hydrogen-bond acceptors (Lipinski definition) is 4. The number of anilines is 1. The minimum atomic E-state index is -0.598. The summed E-state index contributed by atoms with van der Waals surface area (Å²) in [6.07, 6.45) is 2.49. The Morgan fingerprint density at radius 2 is 1.87 bits per heavy atom. The number of Topliss-reactive ketones (excluding diaryl/α,β-unsaturated/α-hetero) is 1. The Morgan fingerprint density at radius 3 is 2.60 bits per heavy atom. The second-order valence-corrected chi connectivity index (χ2v) is 8.32. The fourth-order valence-corrected chi connectivity index (χ4v) is 4.35. The minimum Gasteiger partial charge on any atom is -0.387 e. The highest BCUT2D eigenvalue weighted by Gasteiger charge is 2.26. The van der Waals surface area contributed by atoms with Gasteiger partial charge in [0, 0.05) is 31.0 Å². The molecule has 2 aromatic carbocycles. The summed E-state index contributed by atoms with van der Waals surface area (Å²) >= 11 is 0. The number of piperidine rings is 1. The number of aliphatic hydroxyl groups excluding tert-OH is 1. The molecule has 0 saturated carbocycles. The standard InChI is InChI=1S/C24H27FN2O3/c25-20-5-1-16(2-6-20)13-22(28)17-9-11-27(12-10-17)15-23(29)19-3-7-21-18(14-19)4-8-24(30)26-21/h1-3,5-7,14,17,23,29H,4,8-13,15H2,(H,26,30). The first-order chi connectivity index (χ1) is 14.5. The number of carbonyl (C=O) groups excluding carboxylic acids is 2.